The molecule has 0 amide bonds. The molecule has 1 heterocycles. The molecule has 24 heavy (non-hydrogen) atoms. The summed E-state index contributed by atoms with van der Waals surface area (Å²) >= 11 is 0. The number of hydrogen-bond acceptors (Lipinski definition) is 4. The summed E-state index contributed by atoms with van der Waals surface area (Å²) < 4.78 is 30.0. The number of hydrogen-bond donors (Lipinski definition) is 2. The Hall–Kier alpha value is -2.13. The van der Waals surface area contributed by atoms with E-state index < -0.39 is 16.0 Å². The predicted molar refractivity (Wildman–Crippen MR) is 89.5 cm³/mol. The number of nitrogens with one attached hydrogen (secondary N) is 1. The Labute approximate surface area is 139 Å². The zero-order valence-corrected chi connectivity index (χ0v) is 14.5. The number of aryl methyl sites for hydroxylation is 2. The number of benzene rings is 1. The van der Waals surface area contributed by atoms with Crippen LogP contribution in [0.15, 0.2) is 27.9 Å². The number of sulfonamides is 1. The summed E-state index contributed by atoms with van der Waals surface area (Å²) in [6.45, 7) is 0.244. The van der Waals surface area contributed by atoms with Crippen LogP contribution in [0, 0.1) is 0 Å². The Morgan fingerprint density at radius 3 is 2.46 bits per heavy atom. The van der Waals surface area contributed by atoms with Crippen molar-refractivity contribution in [3.05, 3.63) is 28.7 Å². The van der Waals surface area contributed by atoms with Crippen molar-refractivity contribution in [3.8, 4) is 0 Å². The number of aromatic nitrogens is 2. The van der Waals surface area contributed by atoms with Crippen LogP contribution in [0.25, 0.3) is 11.0 Å². The minimum Gasteiger partial charge on any atom is -0.481 e. The van der Waals surface area contributed by atoms with Crippen molar-refractivity contribution in [2.45, 2.75) is 30.6 Å². The lowest BCUT2D eigenvalue weighted by Gasteiger charge is -2.07. The van der Waals surface area contributed by atoms with E-state index in [2.05, 4.69) is 4.72 Å². The van der Waals surface area contributed by atoms with Gasteiger partial charge in [-0.05, 0) is 31.0 Å². The van der Waals surface area contributed by atoms with Crippen LogP contribution in [0.3, 0.4) is 0 Å². The third-order valence-electron chi connectivity index (χ3n) is 3.91. The standard InChI is InChI=1S/C15H21N3O5S/c1-17-12-8-7-11(10-13(12)18(2)15(17)21)24(22,23)16-9-5-3-4-6-14(19)20/h7-8,10,16H,3-6,9H2,1-2H3,(H,19,20). The number of imidazole rings is 1. The summed E-state index contributed by atoms with van der Waals surface area (Å²) in [5.41, 5.74) is 0.993. The predicted octanol–water partition coefficient (Wildman–Crippen LogP) is 0.800. The normalized spacial score (nSPS) is 11.9. The first kappa shape index (κ1) is 18.2. The van der Waals surface area contributed by atoms with Gasteiger partial charge in [-0.1, -0.05) is 6.42 Å². The number of unbranched alkanes of at least 4 members (excludes halogenated alkanes) is 2. The molecule has 0 aliphatic heterocycles. The zero-order chi connectivity index (χ0) is 17.9. The second-order valence-corrected chi connectivity index (χ2v) is 7.42. The summed E-state index contributed by atoms with van der Waals surface area (Å²) in [6.07, 6.45) is 1.82. The third kappa shape index (κ3) is 3.85. The van der Waals surface area contributed by atoms with Crippen molar-refractivity contribution < 1.29 is 18.3 Å². The maximum atomic E-state index is 12.3. The van der Waals surface area contributed by atoms with Gasteiger partial charge in [0.15, 0.2) is 0 Å². The molecule has 0 atom stereocenters. The topological polar surface area (TPSA) is 110 Å². The van der Waals surface area contributed by atoms with Crippen molar-refractivity contribution >= 4 is 27.0 Å². The van der Waals surface area contributed by atoms with Gasteiger partial charge in [-0.15, -0.1) is 0 Å². The highest BCUT2D eigenvalue weighted by molar-refractivity contribution is 7.89. The number of carboxylic acid groups (broad SMARTS) is 1. The van der Waals surface area contributed by atoms with Crippen LogP contribution in [0.5, 0.6) is 0 Å². The molecule has 0 fully saturated rings. The molecular weight excluding hydrogens is 334 g/mol. The number of rotatable bonds is 8. The molecule has 0 bridgehead atoms. The third-order valence-corrected chi connectivity index (χ3v) is 5.37. The molecule has 132 valence electrons. The van der Waals surface area contributed by atoms with E-state index in [4.69, 9.17) is 5.11 Å². The molecule has 0 saturated heterocycles. The number of nitrogens with zero attached hydrogens (tertiary/aromatic N) is 2. The molecule has 0 radical (unpaired) electrons. The first-order valence-electron chi connectivity index (χ1n) is 7.61. The second kappa shape index (κ2) is 7.18. The SMILES string of the molecule is Cn1c(=O)n(C)c2cc(S(=O)(=O)NCCCCCC(=O)O)ccc21. The lowest BCUT2D eigenvalue weighted by atomic mass is 10.2. The summed E-state index contributed by atoms with van der Waals surface area (Å²) in [7, 11) is -0.439. The highest BCUT2D eigenvalue weighted by Gasteiger charge is 2.16. The van der Waals surface area contributed by atoms with Gasteiger partial charge in [-0.2, -0.15) is 0 Å². The van der Waals surface area contributed by atoms with E-state index in [-0.39, 0.29) is 23.6 Å². The number of fused-ring (bicyclic) bond motifs is 1. The Morgan fingerprint density at radius 1 is 1.12 bits per heavy atom. The summed E-state index contributed by atoms with van der Waals surface area (Å²) in [4.78, 5) is 22.4. The van der Waals surface area contributed by atoms with Gasteiger partial charge >= 0.3 is 11.7 Å². The minimum atomic E-state index is -3.67. The second-order valence-electron chi connectivity index (χ2n) is 5.65. The Balaban J connectivity index is 2.07. The monoisotopic (exact) mass is 355 g/mol. The van der Waals surface area contributed by atoms with E-state index in [0.29, 0.717) is 30.3 Å². The maximum Gasteiger partial charge on any atom is 0.328 e. The van der Waals surface area contributed by atoms with Crippen LogP contribution in [0.4, 0.5) is 0 Å². The Morgan fingerprint density at radius 2 is 1.79 bits per heavy atom. The van der Waals surface area contributed by atoms with E-state index >= 15 is 0 Å². The quantitative estimate of drug-likeness (QED) is 0.681. The van der Waals surface area contributed by atoms with Crippen molar-refractivity contribution in [1.29, 1.82) is 0 Å². The van der Waals surface area contributed by atoms with Crippen molar-refractivity contribution in [2.24, 2.45) is 14.1 Å². The van der Waals surface area contributed by atoms with E-state index in [1.807, 2.05) is 0 Å². The molecular formula is C15H21N3O5S. The van der Waals surface area contributed by atoms with Crippen LogP contribution >= 0.6 is 0 Å². The van der Waals surface area contributed by atoms with E-state index in [1.54, 1.807) is 20.2 Å². The van der Waals surface area contributed by atoms with Crippen LogP contribution in [0.1, 0.15) is 25.7 Å². The molecule has 1 aromatic heterocycles. The van der Waals surface area contributed by atoms with Gasteiger partial charge in [0.1, 0.15) is 0 Å². The van der Waals surface area contributed by atoms with E-state index in [9.17, 15) is 18.0 Å². The van der Waals surface area contributed by atoms with Crippen LogP contribution in [-0.4, -0.2) is 35.2 Å². The van der Waals surface area contributed by atoms with Crippen molar-refractivity contribution in [2.75, 3.05) is 6.54 Å². The van der Waals surface area contributed by atoms with Crippen LogP contribution in [0.2, 0.25) is 0 Å². The lowest BCUT2D eigenvalue weighted by molar-refractivity contribution is -0.137. The fraction of sp³-hybridized carbons (Fsp3) is 0.467. The molecule has 2 aromatic rings. The fourth-order valence-corrected chi connectivity index (χ4v) is 3.62. The largest absolute Gasteiger partial charge is 0.481 e. The first-order valence-corrected chi connectivity index (χ1v) is 9.09. The molecule has 0 saturated carbocycles. The van der Waals surface area contributed by atoms with Crippen molar-refractivity contribution in [3.63, 3.8) is 0 Å². The van der Waals surface area contributed by atoms with E-state index in [1.165, 1.54) is 21.3 Å². The maximum absolute atomic E-state index is 12.3. The molecule has 0 spiro atoms. The van der Waals surface area contributed by atoms with Gasteiger partial charge in [0, 0.05) is 27.1 Å². The Bertz CT molecular complexity index is 911. The van der Waals surface area contributed by atoms with Gasteiger partial charge in [-0.25, -0.2) is 17.9 Å². The fourth-order valence-electron chi connectivity index (χ4n) is 2.52. The van der Waals surface area contributed by atoms with Gasteiger partial charge in [-0.3, -0.25) is 13.9 Å². The van der Waals surface area contributed by atoms with Gasteiger partial charge in [0.25, 0.3) is 0 Å². The average Bonchev–Trinajstić information content (AvgIpc) is 2.75. The molecule has 2 rings (SSSR count). The first-order chi connectivity index (χ1) is 11.2. The lowest BCUT2D eigenvalue weighted by Crippen LogP contribution is -2.24. The molecule has 0 aliphatic carbocycles. The van der Waals surface area contributed by atoms with Crippen LogP contribution in [-0.2, 0) is 28.9 Å². The van der Waals surface area contributed by atoms with Crippen molar-refractivity contribution in [1.82, 2.24) is 13.9 Å². The van der Waals surface area contributed by atoms with Gasteiger partial charge < -0.3 is 5.11 Å². The molecule has 0 aliphatic rings. The average molecular weight is 355 g/mol. The smallest absolute Gasteiger partial charge is 0.328 e. The molecule has 2 N–H and O–H groups in total. The van der Waals surface area contributed by atoms with Gasteiger partial charge in [0.05, 0.1) is 15.9 Å². The van der Waals surface area contributed by atoms with Gasteiger partial charge in [0.2, 0.25) is 10.0 Å². The number of carbonyl (C=O) groups is 1. The highest BCUT2D eigenvalue weighted by atomic mass is 32.2. The molecule has 8 nitrogen and oxygen atoms in total. The molecule has 1 aromatic carbocycles. The zero-order valence-electron chi connectivity index (χ0n) is 13.7. The van der Waals surface area contributed by atoms with E-state index in [0.717, 1.165) is 0 Å². The number of carboxylic acids is 1. The summed E-state index contributed by atoms with van der Waals surface area (Å²) in [6, 6.07) is 4.55. The minimum absolute atomic E-state index is 0.0887. The molecule has 9 heteroatoms. The molecule has 0 unspecified atom stereocenters. The Kier molecular flexibility index (Phi) is 5.45. The number of aliphatic carboxylic acids is 1. The summed E-state index contributed by atoms with van der Waals surface area (Å²) in [5.74, 6) is -0.850. The van der Waals surface area contributed by atoms with Crippen LogP contribution < -0.4 is 10.4 Å². The highest BCUT2D eigenvalue weighted by Crippen LogP contribution is 2.17. The summed E-state index contributed by atoms with van der Waals surface area (Å²) in [5, 5.41) is 8.54.